The van der Waals surface area contributed by atoms with Gasteiger partial charge in [-0.1, -0.05) is 19.9 Å². The van der Waals surface area contributed by atoms with Gasteiger partial charge in [0.1, 0.15) is 5.78 Å². The third kappa shape index (κ3) is 1.72. The Bertz CT molecular complexity index is 508. The van der Waals surface area contributed by atoms with Crippen molar-refractivity contribution >= 4 is 5.78 Å². The first-order valence-electron chi connectivity index (χ1n) is 8.89. The van der Waals surface area contributed by atoms with Crippen LogP contribution < -0.4 is 0 Å². The zero-order valence-electron chi connectivity index (χ0n) is 13.4. The van der Waals surface area contributed by atoms with Crippen LogP contribution in [0.15, 0.2) is 11.6 Å². The lowest BCUT2D eigenvalue weighted by molar-refractivity contribution is -0.132. The Hall–Kier alpha value is -0.630. The molecule has 3 saturated carbocycles. The van der Waals surface area contributed by atoms with Crippen molar-refractivity contribution in [3.05, 3.63) is 11.6 Å². The first-order valence-corrected chi connectivity index (χ1v) is 8.89. The van der Waals surface area contributed by atoms with Gasteiger partial charge in [-0.2, -0.15) is 0 Å². The average molecular weight is 288 g/mol. The monoisotopic (exact) mass is 288 g/mol. The van der Waals surface area contributed by atoms with E-state index in [9.17, 15) is 9.90 Å². The van der Waals surface area contributed by atoms with E-state index in [1.807, 2.05) is 0 Å². The number of hydrogen-bond donors (Lipinski definition) is 1. The Labute approximate surface area is 128 Å². The maximum atomic E-state index is 12.4. The predicted octanol–water partition coefficient (Wildman–Crippen LogP) is 3.88. The molecule has 116 valence electrons. The fraction of sp³-hybridized carbons (Fsp3) is 0.842. The molecule has 0 unspecified atom stereocenters. The van der Waals surface area contributed by atoms with Crippen LogP contribution >= 0.6 is 0 Å². The molecule has 0 bridgehead atoms. The molecule has 2 heteroatoms. The Balaban J connectivity index is 1.72. The van der Waals surface area contributed by atoms with E-state index in [1.165, 1.54) is 18.4 Å². The van der Waals surface area contributed by atoms with Gasteiger partial charge in [-0.25, -0.2) is 0 Å². The van der Waals surface area contributed by atoms with Crippen LogP contribution in [0.2, 0.25) is 0 Å². The SMILES string of the molecule is C[C@]12CCC[C@@H](O)C1=CC[C@@H]1[C@@H]2CC[C@]2(C)C(=O)CC[C@@H]12. The van der Waals surface area contributed by atoms with Crippen molar-refractivity contribution in [3.63, 3.8) is 0 Å². The van der Waals surface area contributed by atoms with E-state index >= 15 is 0 Å². The minimum atomic E-state index is -0.205. The number of aliphatic hydroxyl groups excluding tert-OH is 1. The van der Waals surface area contributed by atoms with E-state index in [-0.39, 0.29) is 16.9 Å². The Kier molecular flexibility index (Phi) is 2.96. The summed E-state index contributed by atoms with van der Waals surface area (Å²) in [5, 5.41) is 10.4. The Morgan fingerprint density at radius 2 is 1.86 bits per heavy atom. The zero-order valence-corrected chi connectivity index (χ0v) is 13.4. The fourth-order valence-corrected chi connectivity index (χ4v) is 6.55. The zero-order chi connectivity index (χ0) is 14.8. The number of Topliss-reactive ketones (excluding diaryl/α,β-unsaturated/α-hetero) is 1. The molecule has 4 aliphatic rings. The van der Waals surface area contributed by atoms with Gasteiger partial charge in [0, 0.05) is 11.8 Å². The minimum absolute atomic E-state index is 0.0316. The molecule has 1 N–H and O–H groups in total. The van der Waals surface area contributed by atoms with Gasteiger partial charge < -0.3 is 5.11 Å². The summed E-state index contributed by atoms with van der Waals surface area (Å²) in [6, 6.07) is 0. The smallest absolute Gasteiger partial charge is 0.139 e. The lowest BCUT2D eigenvalue weighted by atomic mass is 9.48. The second-order valence-electron chi connectivity index (χ2n) is 8.52. The van der Waals surface area contributed by atoms with Crippen molar-refractivity contribution in [1.82, 2.24) is 0 Å². The first kappa shape index (κ1) is 14.0. The van der Waals surface area contributed by atoms with Gasteiger partial charge in [-0.05, 0) is 73.7 Å². The molecule has 0 radical (unpaired) electrons. The van der Waals surface area contributed by atoms with Gasteiger partial charge in [-0.3, -0.25) is 4.79 Å². The van der Waals surface area contributed by atoms with Gasteiger partial charge in [0.2, 0.25) is 0 Å². The molecule has 0 aromatic heterocycles. The van der Waals surface area contributed by atoms with E-state index in [2.05, 4.69) is 19.9 Å². The molecule has 2 nitrogen and oxygen atoms in total. The fourth-order valence-electron chi connectivity index (χ4n) is 6.55. The number of allylic oxidation sites excluding steroid dienone is 1. The van der Waals surface area contributed by atoms with Gasteiger partial charge in [-0.15, -0.1) is 0 Å². The molecule has 0 heterocycles. The second kappa shape index (κ2) is 4.44. The lowest BCUT2D eigenvalue weighted by Gasteiger charge is -2.57. The van der Waals surface area contributed by atoms with Crippen LogP contribution in [0.3, 0.4) is 0 Å². The molecule has 0 aromatic rings. The van der Waals surface area contributed by atoms with E-state index in [4.69, 9.17) is 0 Å². The molecule has 0 saturated heterocycles. The van der Waals surface area contributed by atoms with Crippen LogP contribution in [0.25, 0.3) is 0 Å². The molecule has 0 spiro atoms. The highest BCUT2D eigenvalue weighted by Gasteiger charge is 2.58. The van der Waals surface area contributed by atoms with E-state index < -0.39 is 0 Å². The molecule has 0 aromatic carbocycles. The quantitative estimate of drug-likeness (QED) is 0.687. The van der Waals surface area contributed by atoms with Gasteiger partial charge in [0.25, 0.3) is 0 Å². The number of hydrogen-bond acceptors (Lipinski definition) is 2. The van der Waals surface area contributed by atoms with Crippen molar-refractivity contribution in [1.29, 1.82) is 0 Å². The van der Waals surface area contributed by atoms with Crippen molar-refractivity contribution < 1.29 is 9.90 Å². The van der Waals surface area contributed by atoms with E-state index in [0.29, 0.717) is 23.5 Å². The molecule has 6 atom stereocenters. The maximum absolute atomic E-state index is 12.4. The van der Waals surface area contributed by atoms with Crippen molar-refractivity contribution in [2.24, 2.45) is 28.6 Å². The van der Waals surface area contributed by atoms with E-state index in [1.54, 1.807) is 0 Å². The van der Waals surface area contributed by atoms with Crippen molar-refractivity contribution in [2.45, 2.75) is 71.3 Å². The molecule has 4 rings (SSSR count). The highest BCUT2D eigenvalue weighted by Crippen LogP contribution is 2.63. The normalized spacial score (nSPS) is 52.7. The van der Waals surface area contributed by atoms with Crippen LogP contribution in [0.1, 0.15) is 65.2 Å². The van der Waals surface area contributed by atoms with Crippen LogP contribution in [-0.4, -0.2) is 17.0 Å². The van der Waals surface area contributed by atoms with Crippen LogP contribution in [0.5, 0.6) is 0 Å². The molecular formula is C19H28O2. The summed E-state index contributed by atoms with van der Waals surface area (Å²) in [6.45, 7) is 4.64. The van der Waals surface area contributed by atoms with Crippen molar-refractivity contribution in [3.8, 4) is 0 Å². The Morgan fingerprint density at radius 1 is 1.10 bits per heavy atom. The third-order valence-electron chi connectivity index (χ3n) is 7.77. The van der Waals surface area contributed by atoms with Gasteiger partial charge in [0.05, 0.1) is 6.10 Å². The summed E-state index contributed by atoms with van der Waals surface area (Å²) < 4.78 is 0. The van der Waals surface area contributed by atoms with Crippen LogP contribution in [0.4, 0.5) is 0 Å². The number of carbonyl (C=O) groups is 1. The topological polar surface area (TPSA) is 37.3 Å². The molecule has 4 aliphatic carbocycles. The van der Waals surface area contributed by atoms with Crippen LogP contribution in [0, 0.1) is 28.6 Å². The highest BCUT2D eigenvalue weighted by atomic mass is 16.3. The second-order valence-corrected chi connectivity index (χ2v) is 8.52. The number of fused-ring (bicyclic) bond motifs is 5. The standard InChI is InChI=1S/C19H28O2/c1-18-10-3-4-16(20)15(18)6-5-12-13-7-8-17(21)19(13,2)11-9-14(12)18/h6,12-14,16,20H,3-5,7-11H2,1-2H3/t12-,13-,14-,16+,18+,19-/m0/s1. The average Bonchev–Trinajstić information content (AvgIpc) is 2.75. The van der Waals surface area contributed by atoms with Gasteiger partial charge in [0.15, 0.2) is 0 Å². The summed E-state index contributed by atoms with van der Waals surface area (Å²) in [5.74, 6) is 2.48. The molecule has 0 amide bonds. The molecular weight excluding hydrogens is 260 g/mol. The lowest BCUT2D eigenvalue weighted by Crippen LogP contribution is -2.51. The number of rotatable bonds is 0. The van der Waals surface area contributed by atoms with E-state index in [0.717, 1.165) is 38.5 Å². The number of ketones is 1. The maximum Gasteiger partial charge on any atom is 0.139 e. The summed E-state index contributed by atoms with van der Waals surface area (Å²) in [7, 11) is 0. The van der Waals surface area contributed by atoms with Gasteiger partial charge >= 0.3 is 0 Å². The summed E-state index contributed by atoms with van der Waals surface area (Å²) in [6.07, 6.45) is 10.8. The first-order chi connectivity index (χ1) is 9.97. The molecule has 21 heavy (non-hydrogen) atoms. The predicted molar refractivity (Wildman–Crippen MR) is 82.7 cm³/mol. The number of carbonyl (C=O) groups excluding carboxylic acids is 1. The minimum Gasteiger partial charge on any atom is -0.389 e. The summed E-state index contributed by atoms with van der Waals surface area (Å²) in [5.41, 5.74) is 1.51. The highest BCUT2D eigenvalue weighted by molar-refractivity contribution is 5.87. The third-order valence-corrected chi connectivity index (χ3v) is 7.77. The summed E-state index contributed by atoms with van der Waals surface area (Å²) >= 11 is 0. The van der Waals surface area contributed by atoms with Crippen molar-refractivity contribution in [2.75, 3.05) is 0 Å². The molecule has 3 fully saturated rings. The molecule has 0 aliphatic heterocycles. The summed E-state index contributed by atoms with van der Waals surface area (Å²) in [4.78, 5) is 12.4. The van der Waals surface area contributed by atoms with Crippen LogP contribution in [-0.2, 0) is 4.79 Å². The largest absolute Gasteiger partial charge is 0.389 e. The number of aliphatic hydroxyl groups is 1. The Morgan fingerprint density at radius 3 is 2.67 bits per heavy atom.